The van der Waals surface area contributed by atoms with E-state index >= 15 is 0 Å². The molecule has 1 amide bonds. The molecular weight excluding hydrogens is 298 g/mol. The zero-order valence-corrected chi connectivity index (χ0v) is 14.0. The van der Waals surface area contributed by atoms with Crippen molar-refractivity contribution in [3.63, 3.8) is 0 Å². The Bertz CT molecular complexity index is 833. The molecule has 0 aliphatic heterocycles. The third kappa shape index (κ3) is 3.74. The fraction of sp³-hybridized carbons (Fsp3) is 0.190. The van der Waals surface area contributed by atoms with Gasteiger partial charge in [0.05, 0.1) is 6.10 Å². The minimum Gasteiger partial charge on any atom is -0.491 e. The summed E-state index contributed by atoms with van der Waals surface area (Å²) in [6.45, 7) is 4.46. The van der Waals surface area contributed by atoms with Crippen molar-refractivity contribution in [3.8, 4) is 5.75 Å². The van der Waals surface area contributed by atoms with E-state index in [2.05, 4.69) is 23.5 Å². The molecule has 3 rings (SSSR count). The highest BCUT2D eigenvalue weighted by molar-refractivity contribution is 5.94. The van der Waals surface area contributed by atoms with Crippen LogP contribution in [0.15, 0.2) is 66.7 Å². The molecule has 1 N–H and O–H groups in total. The molecule has 0 fully saturated rings. The maximum atomic E-state index is 12.3. The number of hydrogen-bond acceptors (Lipinski definition) is 2. The zero-order valence-electron chi connectivity index (χ0n) is 14.0. The SMILES string of the molecule is CC(C)Oc1ccc(C(=O)NCc2cccc3ccccc23)cc1. The van der Waals surface area contributed by atoms with Gasteiger partial charge in [-0.15, -0.1) is 0 Å². The summed E-state index contributed by atoms with van der Waals surface area (Å²) in [5.41, 5.74) is 1.74. The highest BCUT2D eigenvalue weighted by atomic mass is 16.5. The summed E-state index contributed by atoms with van der Waals surface area (Å²) in [4.78, 5) is 12.3. The second-order valence-corrected chi connectivity index (χ2v) is 6.01. The van der Waals surface area contributed by atoms with Crippen LogP contribution in [0.2, 0.25) is 0 Å². The number of benzene rings is 3. The van der Waals surface area contributed by atoms with E-state index in [0.717, 1.165) is 11.3 Å². The van der Waals surface area contributed by atoms with Crippen LogP contribution in [0.3, 0.4) is 0 Å². The van der Waals surface area contributed by atoms with Gasteiger partial charge in [-0.1, -0.05) is 42.5 Å². The van der Waals surface area contributed by atoms with Crippen LogP contribution >= 0.6 is 0 Å². The van der Waals surface area contributed by atoms with Crippen LogP contribution in [-0.4, -0.2) is 12.0 Å². The second kappa shape index (κ2) is 7.18. The zero-order chi connectivity index (χ0) is 16.9. The molecule has 0 aromatic heterocycles. The maximum absolute atomic E-state index is 12.3. The van der Waals surface area contributed by atoms with Gasteiger partial charge in [-0.05, 0) is 54.4 Å². The second-order valence-electron chi connectivity index (χ2n) is 6.01. The van der Waals surface area contributed by atoms with Crippen LogP contribution in [0.4, 0.5) is 0 Å². The van der Waals surface area contributed by atoms with E-state index in [4.69, 9.17) is 4.74 Å². The summed E-state index contributed by atoms with van der Waals surface area (Å²) in [7, 11) is 0. The minimum absolute atomic E-state index is 0.0842. The molecule has 0 heterocycles. The fourth-order valence-electron chi connectivity index (χ4n) is 2.68. The average molecular weight is 319 g/mol. The van der Waals surface area contributed by atoms with Gasteiger partial charge in [-0.3, -0.25) is 4.79 Å². The molecule has 24 heavy (non-hydrogen) atoms. The molecule has 3 nitrogen and oxygen atoms in total. The summed E-state index contributed by atoms with van der Waals surface area (Å²) in [6, 6.07) is 21.6. The fourth-order valence-corrected chi connectivity index (χ4v) is 2.68. The molecule has 3 aromatic carbocycles. The highest BCUT2D eigenvalue weighted by Gasteiger charge is 2.07. The Kier molecular flexibility index (Phi) is 4.80. The lowest BCUT2D eigenvalue weighted by Crippen LogP contribution is -2.22. The van der Waals surface area contributed by atoms with Gasteiger partial charge in [-0.2, -0.15) is 0 Å². The van der Waals surface area contributed by atoms with Gasteiger partial charge in [0, 0.05) is 12.1 Å². The third-order valence-electron chi connectivity index (χ3n) is 3.81. The number of hydrogen-bond donors (Lipinski definition) is 1. The van der Waals surface area contributed by atoms with Gasteiger partial charge in [0.2, 0.25) is 0 Å². The van der Waals surface area contributed by atoms with Gasteiger partial charge in [0.1, 0.15) is 5.75 Å². The van der Waals surface area contributed by atoms with Crippen LogP contribution in [0, 0.1) is 0 Å². The van der Waals surface area contributed by atoms with E-state index in [9.17, 15) is 4.79 Å². The quantitative estimate of drug-likeness (QED) is 0.749. The van der Waals surface area contributed by atoms with Gasteiger partial charge in [-0.25, -0.2) is 0 Å². The van der Waals surface area contributed by atoms with Crippen LogP contribution in [0.5, 0.6) is 5.75 Å². The molecule has 0 radical (unpaired) electrons. The molecule has 0 atom stereocenters. The Balaban J connectivity index is 1.68. The van der Waals surface area contributed by atoms with E-state index in [1.54, 1.807) is 12.1 Å². The van der Waals surface area contributed by atoms with Crippen molar-refractivity contribution >= 4 is 16.7 Å². The predicted octanol–water partition coefficient (Wildman–Crippen LogP) is 4.56. The molecule has 3 aromatic rings. The molecule has 0 saturated carbocycles. The highest BCUT2D eigenvalue weighted by Crippen LogP contribution is 2.18. The summed E-state index contributed by atoms with van der Waals surface area (Å²) < 4.78 is 5.59. The maximum Gasteiger partial charge on any atom is 0.251 e. The van der Waals surface area contributed by atoms with Gasteiger partial charge >= 0.3 is 0 Å². The Morgan fingerprint density at radius 2 is 1.67 bits per heavy atom. The first kappa shape index (κ1) is 16.1. The summed E-state index contributed by atoms with van der Waals surface area (Å²) in [6.07, 6.45) is 0.121. The van der Waals surface area contributed by atoms with E-state index < -0.39 is 0 Å². The third-order valence-corrected chi connectivity index (χ3v) is 3.81. The molecular formula is C21H21NO2. The monoisotopic (exact) mass is 319 g/mol. The van der Waals surface area contributed by atoms with E-state index in [0.29, 0.717) is 12.1 Å². The summed E-state index contributed by atoms with van der Waals surface area (Å²) in [5.74, 6) is 0.689. The number of carbonyl (C=O) groups is 1. The first-order valence-electron chi connectivity index (χ1n) is 8.15. The molecule has 0 unspecified atom stereocenters. The Hall–Kier alpha value is -2.81. The Morgan fingerprint density at radius 3 is 2.42 bits per heavy atom. The first-order valence-corrected chi connectivity index (χ1v) is 8.15. The molecule has 0 saturated heterocycles. The number of nitrogens with one attached hydrogen (secondary N) is 1. The number of rotatable bonds is 5. The van der Waals surface area contributed by atoms with Gasteiger partial charge < -0.3 is 10.1 Å². The van der Waals surface area contributed by atoms with Gasteiger partial charge in [0.25, 0.3) is 5.91 Å². The number of ether oxygens (including phenoxy) is 1. The van der Waals surface area contributed by atoms with Crippen LogP contribution in [0.25, 0.3) is 10.8 Å². The van der Waals surface area contributed by atoms with Crippen molar-refractivity contribution in [3.05, 3.63) is 77.9 Å². The summed E-state index contributed by atoms with van der Waals surface area (Å²) >= 11 is 0. The normalized spacial score (nSPS) is 10.8. The Morgan fingerprint density at radius 1 is 0.958 bits per heavy atom. The van der Waals surface area contributed by atoms with Crippen molar-refractivity contribution in [2.24, 2.45) is 0 Å². The van der Waals surface area contributed by atoms with Crippen molar-refractivity contribution in [1.29, 1.82) is 0 Å². The number of carbonyl (C=O) groups excluding carboxylic acids is 1. The van der Waals surface area contributed by atoms with E-state index in [1.807, 2.05) is 50.2 Å². The van der Waals surface area contributed by atoms with Crippen LogP contribution in [0.1, 0.15) is 29.8 Å². The van der Waals surface area contributed by atoms with Crippen molar-refractivity contribution in [2.75, 3.05) is 0 Å². The largest absolute Gasteiger partial charge is 0.491 e. The van der Waals surface area contributed by atoms with Gasteiger partial charge in [0.15, 0.2) is 0 Å². The van der Waals surface area contributed by atoms with E-state index in [1.165, 1.54) is 10.8 Å². The smallest absolute Gasteiger partial charge is 0.251 e. The lowest BCUT2D eigenvalue weighted by atomic mass is 10.0. The van der Waals surface area contributed by atoms with Crippen molar-refractivity contribution < 1.29 is 9.53 Å². The molecule has 0 spiro atoms. The minimum atomic E-state index is -0.0842. The standard InChI is InChI=1S/C21H21NO2/c1-15(2)24-19-12-10-17(11-13-19)21(23)22-14-18-8-5-7-16-6-3-4-9-20(16)18/h3-13,15H,14H2,1-2H3,(H,22,23). The number of fused-ring (bicyclic) bond motifs is 1. The van der Waals surface area contributed by atoms with Crippen molar-refractivity contribution in [1.82, 2.24) is 5.32 Å². The molecule has 0 aliphatic rings. The molecule has 122 valence electrons. The average Bonchev–Trinajstić information content (AvgIpc) is 2.59. The number of amides is 1. The topological polar surface area (TPSA) is 38.3 Å². The molecule has 3 heteroatoms. The molecule has 0 aliphatic carbocycles. The van der Waals surface area contributed by atoms with Crippen molar-refractivity contribution in [2.45, 2.75) is 26.5 Å². The first-order chi connectivity index (χ1) is 11.6. The lowest BCUT2D eigenvalue weighted by Gasteiger charge is -2.11. The van der Waals surface area contributed by atoms with E-state index in [-0.39, 0.29) is 12.0 Å². The Labute approximate surface area is 142 Å². The summed E-state index contributed by atoms with van der Waals surface area (Å²) in [5, 5.41) is 5.34. The predicted molar refractivity (Wildman–Crippen MR) is 97.3 cm³/mol. The molecule has 0 bridgehead atoms. The lowest BCUT2D eigenvalue weighted by molar-refractivity contribution is 0.0951. The van der Waals surface area contributed by atoms with Crippen LogP contribution < -0.4 is 10.1 Å². The van der Waals surface area contributed by atoms with Crippen LogP contribution in [-0.2, 0) is 6.54 Å².